The molecule has 1 rings (SSSR count). The average Bonchev–Trinajstić information content (AvgIpc) is 2.54. The smallest absolute Gasteiger partial charge is 0.121 e. The minimum Gasteiger partial charge on any atom is -0.328 e. The van der Waals surface area contributed by atoms with Gasteiger partial charge in [-0.3, -0.25) is 0 Å². The molecular weight excluding hydrogens is 176 g/mol. The minimum absolute atomic E-state index is 0.107. The van der Waals surface area contributed by atoms with Crippen LogP contribution < -0.4 is 5.73 Å². The summed E-state index contributed by atoms with van der Waals surface area (Å²) < 4.78 is 1.84. The summed E-state index contributed by atoms with van der Waals surface area (Å²) >= 11 is 0. The van der Waals surface area contributed by atoms with Crippen molar-refractivity contribution in [3.8, 4) is 6.07 Å². The Morgan fingerprint density at radius 1 is 1.71 bits per heavy atom. The van der Waals surface area contributed by atoms with Crippen LogP contribution in [0, 0.1) is 11.3 Å². The largest absolute Gasteiger partial charge is 0.328 e. The molecule has 0 saturated heterocycles. The van der Waals surface area contributed by atoms with E-state index in [9.17, 15) is 0 Å². The molecule has 76 valence electrons. The molecule has 0 aliphatic heterocycles. The molecule has 14 heavy (non-hydrogen) atoms. The standard InChI is InChI=1S/C10H16N4/c1-3-10(5-11)14-6-9(13-7-14)4-8(2)12/h6-8,10H,3-4,12H2,1-2H3. The van der Waals surface area contributed by atoms with E-state index in [4.69, 9.17) is 11.0 Å². The van der Waals surface area contributed by atoms with Crippen LogP contribution in [0.1, 0.15) is 32.0 Å². The third kappa shape index (κ3) is 2.57. The molecule has 0 fully saturated rings. The first kappa shape index (κ1) is 10.7. The van der Waals surface area contributed by atoms with E-state index < -0.39 is 0 Å². The van der Waals surface area contributed by atoms with Crippen LogP contribution in [0.3, 0.4) is 0 Å². The summed E-state index contributed by atoms with van der Waals surface area (Å²) in [6.07, 6.45) is 5.16. The highest BCUT2D eigenvalue weighted by molar-refractivity contribution is 5.03. The molecule has 2 atom stereocenters. The number of hydrogen-bond donors (Lipinski definition) is 1. The van der Waals surface area contributed by atoms with E-state index in [1.165, 1.54) is 0 Å². The number of aromatic nitrogens is 2. The molecule has 0 amide bonds. The second-order valence-corrected chi connectivity index (χ2v) is 3.55. The third-order valence-corrected chi connectivity index (χ3v) is 2.08. The van der Waals surface area contributed by atoms with Gasteiger partial charge in [-0.2, -0.15) is 5.26 Å². The maximum atomic E-state index is 8.85. The van der Waals surface area contributed by atoms with Crippen LogP contribution in [0.25, 0.3) is 0 Å². The van der Waals surface area contributed by atoms with E-state index in [0.717, 1.165) is 18.5 Å². The van der Waals surface area contributed by atoms with Gasteiger partial charge in [0.15, 0.2) is 0 Å². The van der Waals surface area contributed by atoms with Crippen molar-refractivity contribution in [1.29, 1.82) is 5.26 Å². The Balaban J connectivity index is 2.73. The van der Waals surface area contributed by atoms with Crippen molar-refractivity contribution in [2.75, 3.05) is 0 Å². The summed E-state index contributed by atoms with van der Waals surface area (Å²) in [4.78, 5) is 4.20. The predicted molar refractivity (Wildman–Crippen MR) is 54.5 cm³/mol. The van der Waals surface area contributed by atoms with Gasteiger partial charge in [0.2, 0.25) is 0 Å². The van der Waals surface area contributed by atoms with E-state index in [2.05, 4.69) is 11.1 Å². The maximum absolute atomic E-state index is 8.85. The topological polar surface area (TPSA) is 67.6 Å². The summed E-state index contributed by atoms with van der Waals surface area (Å²) in [5, 5.41) is 8.85. The third-order valence-electron chi connectivity index (χ3n) is 2.08. The molecule has 0 radical (unpaired) electrons. The summed E-state index contributed by atoms with van der Waals surface area (Å²) in [7, 11) is 0. The van der Waals surface area contributed by atoms with Crippen molar-refractivity contribution in [3.63, 3.8) is 0 Å². The molecule has 2 N–H and O–H groups in total. The van der Waals surface area contributed by atoms with Gasteiger partial charge in [0, 0.05) is 18.7 Å². The molecule has 0 bridgehead atoms. The first-order chi connectivity index (χ1) is 6.67. The molecule has 0 spiro atoms. The predicted octanol–water partition coefficient (Wildman–Crippen LogP) is 1.25. The lowest BCUT2D eigenvalue weighted by molar-refractivity contribution is 0.595. The molecule has 4 nitrogen and oxygen atoms in total. The van der Waals surface area contributed by atoms with Crippen molar-refractivity contribution in [2.24, 2.45) is 5.73 Å². The van der Waals surface area contributed by atoms with Gasteiger partial charge in [-0.05, 0) is 13.3 Å². The highest BCUT2D eigenvalue weighted by Crippen LogP contribution is 2.10. The van der Waals surface area contributed by atoms with Gasteiger partial charge < -0.3 is 10.3 Å². The molecule has 1 aromatic heterocycles. The second-order valence-electron chi connectivity index (χ2n) is 3.55. The first-order valence-electron chi connectivity index (χ1n) is 4.85. The highest BCUT2D eigenvalue weighted by Gasteiger charge is 2.08. The van der Waals surface area contributed by atoms with Crippen molar-refractivity contribution in [2.45, 2.75) is 38.8 Å². The van der Waals surface area contributed by atoms with E-state index in [1.807, 2.05) is 24.6 Å². The maximum Gasteiger partial charge on any atom is 0.121 e. The van der Waals surface area contributed by atoms with Gasteiger partial charge in [0.05, 0.1) is 18.1 Å². The average molecular weight is 192 g/mol. The fraction of sp³-hybridized carbons (Fsp3) is 0.600. The normalized spacial score (nSPS) is 14.7. The van der Waals surface area contributed by atoms with E-state index in [0.29, 0.717) is 0 Å². The lowest BCUT2D eigenvalue weighted by Gasteiger charge is -2.05. The number of hydrogen-bond acceptors (Lipinski definition) is 3. The van der Waals surface area contributed by atoms with Crippen LogP contribution in [0.4, 0.5) is 0 Å². The molecule has 0 aliphatic rings. The summed E-state index contributed by atoms with van der Waals surface area (Å²) in [6.45, 7) is 3.93. The van der Waals surface area contributed by atoms with E-state index in [1.54, 1.807) is 6.33 Å². The summed E-state index contributed by atoms with van der Waals surface area (Å²) in [6, 6.07) is 2.23. The molecule has 1 aromatic rings. The van der Waals surface area contributed by atoms with Gasteiger partial charge in [-0.25, -0.2) is 4.98 Å². The quantitative estimate of drug-likeness (QED) is 0.780. The molecule has 4 heteroatoms. The number of nitriles is 1. The number of imidazole rings is 1. The fourth-order valence-corrected chi connectivity index (χ4v) is 1.35. The number of rotatable bonds is 4. The Morgan fingerprint density at radius 3 is 2.93 bits per heavy atom. The minimum atomic E-state index is -0.107. The van der Waals surface area contributed by atoms with Crippen LogP contribution in [0.2, 0.25) is 0 Å². The van der Waals surface area contributed by atoms with Crippen LogP contribution in [0.5, 0.6) is 0 Å². The zero-order valence-electron chi connectivity index (χ0n) is 8.64. The Hall–Kier alpha value is -1.34. The van der Waals surface area contributed by atoms with Gasteiger partial charge in [-0.15, -0.1) is 0 Å². The summed E-state index contributed by atoms with van der Waals surface area (Å²) in [5.41, 5.74) is 6.61. The van der Waals surface area contributed by atoms with Crippen molar-refractivity contribution in [1.82, 2.24) is 9.55 Å². The number of nitrogens with two attached hydrogens (primary N) is 1. The zero-order chi connectivity index (χ0) is 10.6. The number of nitrogens with zero attached hydrogens (tertiary/aromatic N) is 3. The van der Waals surface area contributed by atoms with Crippen molar-refractivity contribution in [3.05, 3.63) is 18.2 Å². The van der Waals surface area contributed by atoms with Gasteiger partial charge in [-0.1, -0.05) is 6.92 Å². The van der Waals surface area contributed by atoms with Gasteiger partial charge >= 0.3 is 0 Å². The van der Waals surface area contributed by atoms with E-state index >= 15 is 0 Å². The monoisotopic (exact) mass is 192 g/mol. The van der Waals surface area contributed by atoms with Crippen LogP contribution in [-0.2, 0) is 6.42 Å². The highest BCUT2D eigenvalue weighted by atomic mass is 15.1. The first-order valence-corrected chi connectivity index (χ1v) is 4.85. The molecule has 0 aromatic carbocycles. The van der Waals surface area contributed by atoms with Gasteiger partial charge in [0.1, 0.15) is 6.04 Å². The zero-order valence-corrected chi connectivity index (χ0v) is 8.64. The van der Waals surface area contributed by atoms with Gasteiger partial charge in [0.25, 0.3) is 0 Å². The van der Waals surface area contributed by atoms with Crippen LogP contribution in [0.15, 0.2) is 12.5 Å². The molecule has 2 unspecified atom stereocenters. The van der Waals surface area contributed by atoms with Crippen molar-refractivity contribution < 1.29 is 0 Å². The SMILES string of the molecule is CCC(C#N)n1cnc(CC(C)N)c1. The molecule has 1 heterocycles. The summed E-state index contributed by atoms with van der Waals surface area (Å²) in [5.74, 6) is 0. The molecule has 0 aliphatic carbocycles. The fourth-order valence-electron chi connectivity index (χ4n) is 1.35. The Morgan fingerprint density at radius 2 is 2.43 bits per heavy atom. The van der Waals surface area contributed by atoms with E-state index in [-0.39, 0.29) is 12.1 Å². The molecule has 0 saturated carbocycles. The molecular formula is C10H16N4. The van der Waals surface area contributed by atoms with Crippen LogP contribution >= 0.6 is 0 Å². The Bertz CT molecular complexity index is 321. The lowest BCUT2D eigenvalue weighted by atomic mass is 10.2. The Kier molecular flexibility index (Phi) is 3.66. The second kappa shape index (κ2) is 4.77. The van der Waals surface area contributed by atoms with Crippen molar-refractivity contribution >= 4 is 0 Å². The van der Waals surface area contributed by atoms with Crippen LogP contribution in [-0.4, -0.2) is 15.6 Å². The Labute approximate surface area is 84.4 Å². The lowest BCUT2D eigenvalue weighted by Crippen LogP contribution is -2.17.